The van der Waals surface area contributed by atoms with Gasteiger partial charge in [-0.1, -0.05) is 12.1 Å². The second-order valence-electron chi connectivity index (χ2n) is 6.17. The van der Waals surface area contributed by atoms with Gasteiger partial charge >= 0.3 is 0 Å². The highest BCUT2D eigenvalue weighted by atomic mass is 19.1. The number of carbonyl (C=O) groups is 2. The minimum absolute atomic E-state index is 0.0647. The summed E-state index contributed by atoms with van der Waals surface area (Å²) in [6.07, 6.45) is 4.99. The van der Waals surface area contributed by atoms with Crippen LogP contribution < -0.4 is 15.8 Å². The van der Waals surface area contributed by atoms with Crippen molar-refractivity contribution in [2.75, 3.05) is 18.0 Å². The van der Waals surface area contributed by atoms with Crippen LogP contribution in [0.3, 0.4) is 0 Å². The van der Waals surface area contributed by atoms with Gasteiger partial charge in [-0.05, 0) is 36.6 Å². The molecular formula is C18H20FN5O2. The lowest BCUT2D eigenvalue weighted by Crippen LogP contribution is -2.49. The van der Waals surface area contributed by atoms with Gasteiger partial charge in [-0.15, -0.1) is 0 Å². The molecule has 0 aliphatic carbocycles. The van der Waals surface area contributed by atoms with E-state index in [0.29, 0.717) is 18.1 Å². The Labute approximate surface area is 150 Å². The van der Waals surface area contributed by atoms with E-state index in [1.807, 2.05) is 4.90 Å². The largest absolute Gasteiger partial charge is 0.340 e. The Balaban J connectivity index is 1.48. The van der Waals surface area contributed by atoms with Crippen molar-refractivity contribution in [3.8, 4) is 0 Å². The molecule has 0 spiro atoms. The number of hydrazine groups is 1. The van der Waals surface area contributed by atoms with Crippen molar-refractivity contribution in [3.63, 3.8) is 0 Å². The van der Waals surface area contributed by atoms with Crippen LogP contribution in [0.1, 0.15) is 18.4 Å². The lowest BCUT2D eigenvalue weighted by Gasteiger charge is -2.31. The Bertz CT molecular complexity index is 754. The van der Waals surface area contributed by atoms with E-state index in [2.05, 4.69) is 20.8 Å². The van der Waals surface area contributed by atoms with Gasteiger partial charge < -0.3 is 4.90 Å². The van der Waals surface area contributed by atoms with Crippen molar-refractivity contribution < 1.29 is 14.0 Å². The molecule has 0 bridgehead atoms. The number of rotatable bonds is 4. The molecule has 8 heteroatoms. The molecule has 2 amide bonds. The Hall–Kier alpha value is -3.03. The predicted octanol–water partition coefficient (Wildman–Crippen LogP) is 1.22. The average molecular weight is 357 g/mol. The van der Waals surface area contributed by atoms with E-state index in [1.54, 1.807) is 18.5 Å². The molecule has 2 heterocycles. The van der Waals surface area contributed by atoms with Gasteiger partial charge in [-0.2, -0.15) is 0 Å². The molecule has 1 aromatic carbocycles. The summed E-state index contributed by atoms with van der Waals surface area (Å²) >= 11 is 0. The van der Waals surface area contributed by atoms with E-state index in [9.17, 15) is 14.0 Å². The quantitative estimate of drug-likeness (QED) is 0.804. The molecule has 2 N–H and O–H groups in total. The standard InChI is InChI=1S/C18H20FN5O2/c19-15-6-4-13(5-7-15)11-16(25)22-23-17(26)14-3-1-10-24(12-14)18-20-8-2-9-21-18/h2,4-9,14H,1,3,10-12H2,(H,22,25)(H,23,26). The van der Waals surface area contributed by atoms with Gasteiger partial charge in [0.25, 0.3) is 0 Å². The molecule has 0 saturated carbocycles. The van der Waals surface area contributed by atoms with E-state index in [1.165, 1.54) is 24.3 Å². The highest BCUT2D eigenvalue weighted by Gasteiger charge is 2.27. The summed E-state index contributed by atoms with van der Waals surface area (Å²) in [5, 5.41) is 0. The highest BCUT2D eigenvalue weighted by Crippen LogP contribution is 2.19. The Morgan fingerprint density at radius 2 is 1.88 bits per heavy atom. The monoisotopic (exact) mass is 357 g/mol. The highest BCUT2D eigenvalue weighted by molar-refractivity contribution is 5.84. The van der Waals surface area contributed by atoms with Gasteiger partial charge in [0.2, 0.25) is 17.8 Å². The van der Waals surface area contributed by atoms with Crippen molar-refractivity contribution in [1.29, 1.82) is 0 Å². The Morgan fingerprint density at radius 1 is 1.15 bits per heavy atom. The van der Waals surface area contributed by atoms with Crippen molar-refractivity contribution in [3.05, 3.63) is 54.1 Å². The van der Waals surface area contributed by atoms with Crippen LogP contribution >= 0.6 is 0 Å². The minimum Gasteiger partial charge on any atom is -0.340 e. The molecule has 2 aromatic rings. The molecular weight excluding hydrogens is 337 g/mol. The van der Waals surface area contributed by atoms with E-state index in [4.69, 9.17) is 0 Å². The predicted molar refractivity (Wildman–Crippen MR) is 93.4 cm³/mol. The maximum absolute atomic E-state index is 12.9. The molecule has 1 saturated heterocycles. The zero-order valence-corrected chi connectivity index (χ0v) is 14.2. The third kappa shape index (κ3) is 4.75. The van der Waals surface area contributed by atoms with Crippen molar-refractivity contribution in [2.45, 2.75) is 19.3 Å². The number of aromatic nitrogens is 2. The van der Waals surface area contributed by atoms with Crippen LogP contribution in [0.5, 0.6) is 0 Å². The van der Waals surface area contributed by atoms with Crippen molar-refractivity contribution >= 4 is 17.8 Å². The number of anilines is 1. The van der Waals surface area contributed by atoms with Gasteiger partial charge in [-0.3, -0.25) is 20.4 Å². The topological polar surface area (TPSA) is 87.2 Å². The Morgan fingerprint density at radius 3 is 2.62 bits per heavy atom. The number of carbonyl (C=O) groups excluding carboxylic acids is 2. The summed E-state index contributed by atoms with van der Waals surface area (Å²) in [6, 6.07) is 7.41. The summed E-state index contributed by atoms with van der Waals surface area (Å²) in [7, 11) is 0. The number of nitrogens with zero attached hydrogens (tertiary/aromatic N) is 3. The van der Waals surface area contributed by atoms with Crippen molar-refractivity contribution in [2.24, 2.45) is 5.92 Å². The van der Waals surface area contributed by atoms with Crippen LogP contribution in [-0.2, 0) is 16.0 Å². The first kappa shape index (κ1) is 17.8. The van der Waals surface area contributed by atoms with Crippen LogP contribution in [0.4, 0.5) is 10.3 Å². The molecule has 0 radical (unpaired) electrons. The molecule has 136 valence electrons. The fourth-order valence-corrected chi connectivity index (χ4v) is 2.89. The number of nitrogens with one attached hydrogen (secondary N) is 2. The summed E-state index contributed by atoms with van der Waals surface area (Å²) < 4.78 is 12.9. The summed E-state index contributed by atoms with van der Waals surface area (Å²) in [6.45, 7) is 1.30. The SMILES string of the molecule is O=C(Cc1ccc(F)cc1)NNC(=O)C1CCCN(c2ncccn2)C1. The summed E-state index contributed by atoms with van der Waals surface area (Å²) in [5.74, 6) is -0.599. The molecule has 1 atom stereocenters. The molecule has 7 nitrogen and oxygen atoms in total. The van der Waals surface area contributed by atoms with E-state index in [-0.39, 0.29) is 30.0 Å². The first-order chi connectivity index (χ1) is 12.6. The molecule has 1 aliphatic heterocycles. The molecule has 3 rings (SSSR count). The number of benzene rings is 1. The number of piperidine rings is 1. The van der Waals surface area contributed by atoms with E-state index >= 15 is 0 Å². The second-order valence-corrected chi connectivity index (χ2v) is 6.17. The third-order valence-corrected chi connectivity index (χ3v) is 4.23. The van der Waals surface area contributed by atoms with Crippen LogP contribution in [0.25, 0.3) is 0 Å². The first-order valence-corrected chi connectivity index (χ1v) is 8.47. The molecule has 1 unspecified atom stereocenters. The van der Waals surface area contributed by atoms with E-state index in [0.717, 1.165) is 19.4 Å². The molecule has 26 heavy (non-hydrogen) atoms. The second kappa shape index (κ2) is 8.37. The van der Waals surface area contributed by atoms with Gasteiger partial charge in [-0.25, -0.2) is 14.4 Å². The lowest BCUT2D eigenvalue weighted by molar-refractivity contribution is -0.131. The van der Waals surface area contributed by atoms with Crippen LogP contribution in [0, 0.1) is 11.7 Å². The average Bonchev–Trinajstić information content (AvgIpc) is 2.69. The van der Waals surface area contributed by atoms with Gasteiger partial charge in [0.15, 0.2) is 0 Å². The fraction of sp³-hybridized carbons (Fsp3) is 0.333. The maximum atomic E-state index is 12.9. The minimum atomic E-state index is -0.357. The maximum Gasteiger partial charge on any atom is 0.243 e. The normalized spacial score (nSPS) is 16.8. The zero-order valence-electron chi connectivity index (χ0n) is 14.2. The van der Waals surface area contributed by atoms with Crippen LogP contribution in [-0.4, -0.2) is 34.9 Å². The van der Waals surface area contributed by atoms with Crippen molar-refractivity contribution in [1.82, 2.24) is 20.8 Å². The first-order valence-electron chi connectivity index (χ1n) is 8.47. The summed E-state index contributed by atoms with van der Waals surface area (Å²) in [4.78, 5) is 34.6. The summed E-state index contributed by atoms with van der Waals surface area (Å²) in [5.41, 5.74) is 5.56. The van der Waals surface area contributed by atoms with Gasteiger partial charge in [0.1, 0.15) is 5.82 Å². The number of halogens is 1. The molecule has 1 fully saturated rings. The Kier molecular flexibility index (Phi) is 5.73. The van der Waals surface area contributed by atoms with Gasteiger partial charge in [0.05, 0.1) is 12.3 Å². The van der Waals surface area contributed by atoms with Crippen LogP contribution in [0.2, 0.25) is 0 Å². The van der Waals surface area contributed by atoms with Gasteiger partial charge in [0, 0.05) is 25.5 Å². The molecule has 1 aromatic heterocycles. The van der Waals surface area contributed by atoms with Crippen LogP contribution in [0.15, 0.2) is 42.7 Å². The molecule has 1 aliphatic rings. The zero-order chi connectivity index (χ0) is 18.4. The third-order valence-electron chi connectivity index (χ3n) is 4.23. The fourth-order valence-electron chi connectivity index (χ4n) is 2.89. The number of hydrogen-bond donors (Lipinski definition) is 2. The van der Waals surface area contributed by atoms with E-state index < -0.39 is 0 Å². The smallest absolute Gasteiger partial charge is 0.243 e. The lowest BCUT2D eigenvalue weighted by atomic mass is 9.98. The number of hydrogen-bond acceptors (Lipinski definition) is 5. The number of amides is 2.